The van der Waals surface area contributed by atoms with E-state index in [0.29, 0.717) is 15.8 Å². The average Bonchev–Trinajstić information content (AvgIpc) is 3.30. The third-order valence-electron chi connectivity index (χ3n) is 6.09. The fraction of sp³-hybridized carbons (Fsp3) is 0.154. The Kier molecular flexibility index (Phi) is 5.56. The molecule has 2 N–H and O–H groups in total. The highest BCUT2D eigenvalue weighted by atomic mass is 35.5. The Balaban J connectivity index is 1.70. The molecule has 1 aliphatic rings. The predicted octanol–water partition coefficient (Wildman–Crippen LogP) is 6.03. The van der Waals surface area contributed by atoms with Gasteiger partial charge in [-0.3, -0.25) is 4.98 Å². The predicted molar refractivity (Wildman–Crippen MR) is 136 cm³/mol. The number of hydrogen-bond donors (Lipinski definition) is 2. The zero-order valence-electron chi connectivity index (χ0n) is 18.2. The van der Waals surface area contributed by atoms with Crippen molar-refractivity contribution in [3.63, 3.8) is 0 Å². The molecule has 2 aromatic heterocycles. The van der Waals surface area contributed by atoms with Crippen molar-refractivity contribution in [3.8, 4) is 11.4 Å². The van der Waals surface area contributed by atoms with Gasteiger partial charge in [-0.1, -0.05) is 35.9 Å². The summed E-state index contributed by atoms with van der Waals surface area (Å²) in [6, 6.07) is 22.8. The molecule has 0 bridgehead atoms. The summed E-state index contributed by atoms with van der Waals surface area (Å²) in [5.41, 5.74) is 5.80. The molecule has 2 atom stereocenters. The molecule has 4 aromatic rings. The highest BCUT2D eigenvalue weighted by Crippen LogP contribution is 2.45. The molecule has 3 heterocycles. The fourth-order valence-corrected chi connectivity index (χ4v) is 5.22. The van der Waals surface area contributed by atoms with Crippen molar-refractivity contribution in [2.24, 2.45) is 0 Å². The summed E-state index contributed by atoms with van der Waals surface area (Å²) in [5.74, 6) is 0.178. The maximum absolute atomic E-state index is 10.7. The number of aromatic hydroxyl groups is 1. The fourth-order valence-electron chi connectivity index (χ4n) is 4.70. The Bertz CT molecular complexity index is 1340. The molecule has 0 radical (unpaired) electrons. The Morgan fingerprint density at radius 1 is 1.00 bits per heavy atom. The summed E-state index contributed by atoms with van der Waals surface area (Å²) < 4.78 is 2.20. The van der Waals surface area contributed by atoms with Crippen LogP contribution >= 0.6 is 23.8 Å². The number of phenols is 1. The van der Waals surface area contributed by atoms with E-state index in [1.165, 1.54) is 0 Å². The largest absolute Gasteiger partial charge is 0.506 e. The lowest BCUT2D eigenvalue weighted by Crippen LogP contribution is -2.29. The first-order valence-electron chi connectivity index (χ1n) is 10.7. The molecule has 1 fully saturated rings. The zero-order chi connectivity index (χ0) is 23.1. The second-order valence-corrected chi connectivity index (χ2v) is 8.95. The van der Waals surface area contributed by atoms with E-state index < -0.39 is 0 Å². The molecule has 0 spiro atoms. The van der Waals surface area contributed by atoms with Gasteiger partial charge in [0.25, 0.3) is 0 Å². The molecule has 166 valence electrons. The van der Waals surface area contributed by atoms with Gasteiger partial charge in [0.05, 0.1) is 23.5 Å². The standard InChI is InChI=1S/C26H23ClN4OS/c1-16-14-20(17(2)30(16)19-9-7-8-18(27)15-19)25-24(21-10-5-6-13-28-21)29-26(33)31(25)22-11-3-4-12-23(22)32/h3-15,24-25,32H,1-2H3,(H,29,33)/t24-,25-/m1/s1. The molecule has 7 heteroatoms. The number of thiocarbonyl (C=S) groups is 1. The van der Waals surface area contributed by atoms with Crippen LogP contribution in [0.15, 0.2) is 79.0 Å². The van der Waals surface area contributed by atoms with Crippen LogP contribution in [0.1, 0.15) is 34.7 Å². The number of aromatic nitrogens is 2. The monoisotopic (exact) mass is 474 g/mol. The van der Waals surface area contributed by atoms with Gasteiger partial charge in [-0.05, 0) is 80.2 Å². The van der Waals surface area contributed by atoms with Crippen LogP contribution in [-0.4, -0.2) is 19.8 Å². The number of hydrogen-bond acceptors (Lipinski definition) is 3. The van der Waals surface area contributed by atoms with Gasteiger partial charge >= 0.3 is 0 Å². The number of para-hydroxylation sites is 2. The van der Waals surface area contributed by atoms with Gasteiger partial charge in [0, 0.05) is 28.3 Å². The van der Waals surface area contributed by atoms with Crippen LogP contribution in [0.25, 0.3) is 5.69 Å². The third kappa shape index (κ3) is 3.75. The first-order chi connectivity index (χ1) is 16.0. The maximum Gasteiger partial charge on any atom is 0.174 e. The van der Waals surface area contributed by atoms with E-state index in [2.05, 4.69) is 34.8 Å². The molecule has 33 heavy (non-hydrogen) atoms. The van der Waals surface area contributed by atoms with Gasteiger partial charge in [-0.2, -0.15) is 0 Å². The molecule has 2 aromatic carbocycles. The average molecular weight is 475 g/mol. The van der Waals surface area contributed by atoms with Crippen LogP contribution in [0.2, 0.25) is 5.02 Å². The minimum absolute atomic E-state index is 0.178. The third-order valence-corrected chi connectivity index (χ3v) is 6.64. The first-order valence-corrected chi connectivity index (χ1v) is 11.5. The lowest BCUT2D eigenvalue weighted by molar-refractivity contribution is 0.472. The van der Waals surface area contributed by atoms with E-state index in [1.54, 1.807) is 12.3 Å². The molecule has 0 amide bonds. The summed E-state index contributed by atoms with van der Waals surface area (Å²) >= 11 is 12.1. The number of aryl methyl sites for hydroxylation is 1. The highest BCUT2D eigenvalue weighted by molar-refractivity contribution is 7.80. The van der Waals surface area contributed by atoms with Gasteiger partial charge < -0.3 is 19.9 Å². The SMILES string of the molecule is Cc1cc([C@@H]2[C@@H](c3ccccn3)NC(=S)N2c2ccccc2O)c(C)n1-c1cccc(Cl)c1. The Morgan fingerprint density at radius 2 is 1.79 bits per heavy atom. The summed E-state index contributed by atoms with van der Waals surface area (Å²) in [7, 11) is 0. The number of halogens is 1. The van der Waals surface area contributed by atoms with Crippen molar-refractivity contribution < 1.29 is 5.11 Å². The van der Waals surface area contributed by atoms with Crippen LogP contribution in [0, 0.1) is 13.8 Å². The van der Waals surface area contributed by atoms with Crippen LogP contribution in [-0.2, 0) is 0 Å². The molecular formula is C26H23ClN4OS. The normalized spacial score (nSPS) is 17.9. The number of benzene rings is 2. The van der Waals surface area contributed by atoms with E-state index >= 15 is 0 Å². The number of nitrogens with one attached hydrogen (secondary N) is 1. The van der Waals surface area contributed by atoms with E-state index in [4.69, 9.17) is 23.8 Å². The van der Waals surface area contributed by atoms with Crippen molar-refractivity contribution in [3.05, 3.63) is 107 Å². The van der Waals surface area contributed by atoms with Gasteiger partial charge in [-0.15, -0.1) is 0 Å². The number of nitrogens with zero attached hydrogens (tertiary/aromatic N) is 3. The molecule has 0 aliphatic carbocycles. The molecule has 1 saturated heterocycles. The smallest absolute Gasteiger partial charge is 0.174 e. The summed E-state index contributed by atoms with van der Waals surface area (Å²) in [6.07, 6.45) is 1.79. The molecule has 5 nitrogen and oxygen atoms in total. The molecule has 0 unspecified atom stereocenters. The summed E-state index contributed by atoms with van der Waals surface area (Å²) in [5, 5.41) is 15.4. The maximum atomic E-state index is 10.7. The second-order valence-electron chi connectivity index (χ2n) is 8.13. The Hall–Kier alpha value is -3.35. The van der Waals surface area contributed by atoms with Crippen LogP contribution in [0.5, 0.6) is 5.75 Å². The van der Waals surface area contributed by atoms with Crippen LogP contribution in [0.3, 0.4) is 0 Å². The second kappa shape index (κ2) is 8.54. The van der Waals surface area contributed by atoms with Crippen LogP contribution in [0.4, 0.5) is 5.69 Å². The van der Waals surface area contributed by atoms with Gasteiger partial charge in [-0.25, -0.2) is 0 Å². The van der Waals surface area contributed by atoms with Crippen molar-refractivity contribution in [2.45, 2.75) is 25.9 Å². The molecule has 5 rings (SSSR count). The summed E-state index contributed by atoms with van der Waals surface area (Å²) in [6.45, 7) is 4.18. The topological polar surface area (TPSA) is 53.3 Å². The molecule has 0 saturated carbocycles. The van der Waals surface area contributed by atoms with E-state index in [1.807, 2.05) is 65.6 Å². The number of phenolic OH excluding ortho intramolecular Hbond substituents is 1. The number of anilines is 1. The number of rotatable bonds is 4. The molecular weight excluding hydrogens is 452 g/mol. The Labute approximate surface area is 203 Å². The lowest BCUT2D eigenvalue weighted by atomic mass is 9.96. The zero-order valence-corrected chi connectivity index (χ0v) is 19.8. The van der Waals surface area contributed by atoms with Crippen molar-refractivity contribution in [1.29, 1.82) is 0 Å². The summed E-state index contributed by atoms with van der Waals surface area (Å²) in [4.78, 5) is 6.61. The minimum Gasteiger partial charge on any atom is -0.506 e. The van der Waals surface area contributed by atoms with Gasteiger partial charge in [0.2, 0.25) is 0 Å². The van der Waals surface area contributed by atoms with Crippen molar-refractivity contribution in [2.75, 3.05) is 4.90 Å². The van der Waals surface area contributed by atoms with E-state index in [-0.39, 0.29) is 17.8 Å². The minimum atomic E-state index is -0.208. The quantitative estimate of drug-likeness (QED) is 0.354. The first kappa shape index (κ1) is 21.5. The Morgan fingerprint density at radius 3 is 2.52 bits per heavy atom. The molecule has 1 aliphatic heterocycles. The van der Waals surface area contributed by atoms with Crippen molar-refractivity contribution in [1.82, 2.24) is 14.9 Å². The lowest BCUT2D eigenvalue weighted by Gasteiger charge is -2.28. The van der Waals surface area contributed by atoms with Crippen LogP contribution < -0.4 is 10.2 Å². The van der Waals surface area contributed by atoms with E-state index in [9.17, 15) is 5.11 Å². The van der Waals surface area contributed by atoms with E-state index in [0.717, 1.165) is 28.3 Å². The van der Waals surface area contributed by atoms with Gasteiger partial charge in [0.1, 0.15) is 5.75 Å². The van der Waals surface area contributed by atoms with Gasteiger partial charge in [0.15, 0.2) is 5.11 Å². The highest BCUT2D eigenvalue weighted by Gasteiger charge is 2.43. The number of pyridine rings is 1. The van der Waals surface area contributed by atoms with Crippen molar-refractivity contribution >= 4 is 34.6 Å².